The van der Waals surface area contributed by atoms with E-state index in [9.17, 15) is 14.6 Å². The van der Waals surface area contributed by atoms with Crippen molar-refractivity contribution in [1.29, 1.82) is 0 Å². The summed E-state index contributed by atoms with van der Waals surface area (Å²) < 4.78 is 31.5. The minimum absolute atomic E-state index is 0.246. The summed E-state index contributed by atoms with van der Waals surface area (Å²) in [5.41, 5.74) is 4.89. The maximum absolute atomic E-state index is 13.3. The summed E-state index contributed by atoms with van der Waals surface area (Å²) in [5.74, 6) is -0.246. The number of benzene rings is 3. The first-order valence-electron chi connectivity index (χ1n) is 12.7. The van der Waals surface area contributed by atoms with Crippen LogP contribution in [0.25, 0.3) is 10.4 Å². The standard InChI is InChI=1S/C31H29FO5S/c1-18-7-8-21(15-22(18)16-24-13-14-26(38-24)19-9-11-23(32)12-10-19)29-27(33)28(34)30-25(36-29)17-35-31(37-30)20-5-3-2-4-6-20/h2-15,25,27-31,33-34H,16-17H2,1H3/t25-,27-,28-,29+,30-,31?/m1/s1. The molecule has 196 valence electrons. The Morgan fingerprint density at radius 1 is 0.868 bits per heavy atom. The van der Waals surface area contributed by atoms with Crippen molar-refractivity contribution in [2.45, 2.75) is 50.2 Å². The predicted octanol–water partition coefficient (Wildman–Crippen LogP) is 5.73. The average molecular weight is 533 g/mol. The molecular formula is C31H29FO5S. The van der Waals surface area contributed by atoms with E-state index in [2.05, 4.69) is 19.1 Å². The van der Waals surface area contributed by atoms with Gasteiger partial charge in [0.25, 0.3) is 0 Å². The molecule has 0 spiro atoms. The summed E-state index contributed by atoms with van der Waals surface area (Å²) in [6.07, 6.45) is -4.06. The van der Waals surface area contributed by atoms with Gasteiger partial charge in [-0.05, 0) is 53.4 Å². The number of hydrogen-bond acceptors (Lipinski definition) is 6. The highest BCUT2D eigenvalue weighted by molar-refractivity contribution is 7.15. The second kappa shape index (κ2) is 10.7. The van der Waals surface area contributed by atoms with Gasteiger partial charge in [0.1, 0.15) is 36.3 Å². The van der Waals surface area contributed by atoms with Crippen molar-refractivity contribution in [1.82, 2.24) is 0 Å². The Hall–Kier alpha value is -2.91. The van der Waals surface area contributed by atoms with Gasteiger partial charge in [-0.2, -0.15) is 0 Å². The third-order valence-corrected chi connectivity index (χ3v) is 8.44. The normalized spacial score (nSPS) is 27.2. The van der Waals surface area contributed by atoms with Crippen LogP contribution in [0.1, 0.15) is 39.5 Å². The van der Waals surface area contributed by atoms with Crippen molar-refractivity contribution in [2.75, 3.05) is 6.61 Å². The summed E-state index contributed by atoms with van der Waals surface area (Å²) in [7, 11) is 0. The molecule has 1 unspecified atom stereocenters. The van der Waals surface area contributed by atoms with Crippen LogP contribution in [-0.4, -0.2) is 41.2 Å². The van der Waals surface area contributed by atoms with Crippen LogP contribution in [0.3, 0.4) is 0 Å². The topological polar surface area (TPSA) is 68.2 Å². The number of thiophene rings is 1. The fourth-order valence-corrected chi connectivity index (χ4v) is 6.19. The molecule has 3 heterocycles. The zero-order valence-corrected chi connectivity index (χ0v) is 21.7. The molecule has 6 atom stereocenters. The molecule has 2 aliphatic heterocycles. The van der Waals surface area contributed by atoms with Crippen molar-refractivity contribution in [3.05, 3.63) is 118 Å². The van der Waals surface area contributed by atoms with Crippen LogP contribution in [0.5, 0.6) is 0 Å². The number of rotatable bonds is 5. The highest BCUT2D eigenvalue weighted by Crippen LogP contribution is 2.40. The van der Waals surface area contributed by atoms with Crippen LogP contribution in [0.15, 0.2) is 84.9 Å². The van der Waals surface area contributed by atoms with Crippen LogP contribution in [-0.2, 0) is 20.6 Å². The maximum atomic E-state index is 13.3. The minimum atomic E-state index is -1.15. The van der Waals surface area contributed by atoms with Crippen molar-refractivity contribution in [3.63, 3.8) is 0 Å². The molecule has 2 N–H and O–H groups in total. The van der Waals surface area contributed by atoms with E-state index in [4.69, 9.17) is 14.2 Å². The first kappa shape index (κ1) is 25.4. The second-order valence-electron chi connectivity index (χ2n) is 9.89. The molecule has 3 aromatic carbocycles. The third kappa shape index (κ3) is 5.06. The molecule has 2 aliphatic rings. The zero-order chi connectivity index (χ0) is 26.2. The molecule has 0 amide bonds. The Labute approximate surface area is 225 Å². The number of aryl methyl sites for hydroxylation is 1. The molecule has 0 saturated carbocycles. The Bertz CT molecular complexity index is 1390. The fourth-order valence-electron chi connectivity index (χ4n) is 5.16. The predicted molar refractivity (Wildman–Crippen MR) is 143 cm³/mol. The van der Waals surface area contributed by atoms with Gasteiger partial charge in [-0.15, -0.1) is 11.3 Å². The van der Waals surface area contributed by atoms with E-state index in [1.165, 1.54) is 17.0 Å². The van der Waals surface area contributed by atoms with Gasteiger partial charge in [-0.25, -0.2) is 4.39 Å². The van der Waals surface area contributed by atoms with Gasteiger partial charge >= 0.3 is 0 Å². The zero-order valence-electron chi connectivity index (χ0n) is 20.9. The van der Waals surface area contributed by atoms with Crippen molar-refractivity contribution >= 4 is 11.3 Å². The third-order valence-electron chi connectivity index (χ3n) is 7.31. The lowest BCUT2D eigenvalue weighted by Gasteiger charge is -2.46. The molecule has 6 rings (SSSR count). The van der Waals surface area contributed by atoms with E-state index in [1.54, 1.807) is 23.5 Å². The van der Waals surface area contributed by atoms with Gasteiger partial charge in [0.2, 0.25) is 0 Å². The molecule has 7 heteroatoms. The summed E-state index contributed by atoms with van der Waals surface area (Å²) in [5, 5.41) is 22.1. The monoisotopic (exact) mass is 532 g/mol. The van der Waals surface area contributed by atoms with Gasteiger partial charge in [-0.3, -0.25) is 0 Å². The molecular weight excluding hydrogens is 503 g/mol. The van der Waals surface area contributed by atoms with E-state index < -0.39 is 36.8 Å². The number of hydrogen-bond donors (Lipinski definition) is 2. The molecule has 38 heavy (non-hydrogen) atoms. The van der Waals surface area contributed by atoms with Crippen LogP contribution >= 0.6 is 11.3 Å². The van der Waals surface area contributed by atoms with E-state index in [0.29, 0.717) is 6.42 Å². The lowest BCUT2D eigenvalue weighted by atomic mass is 9.89. The van der Waals surface area contributed by atoms with Gasteiger partial charge in [0.05, 0.1) is 6.61 Å². The van der Waals surface area contributed by atoms with Gasteiger partial charge in [0.15, 0.2) is 6.29 Å². The molecule has 2 fully saturated rings. The first-order chi connectivity index (χ1) is 18.5. The Morgan fingerprint density at radius 2 is 1.66 bits per heavy atom. The Kier molecular flexibility index (Phi) is 7.14. The summed E-state index contributed by atoms with van der Waals surface area (Å²) in [6, 6.07) is 26.2. The number of aliphatic hydroxyl groups excluding tert-OH is 2. The Balaban J connectivity index is 1.18. The second-order valence-corrected chi connectivity index (χ2v) is 11.1. The molecule has 1 aromatic heterocycles. The Morgan fingerprint density at radius 3 is 2.45 bits per heavy atom. The largest absolute Gasteiger partial charge is 0.387 e. The lowest BCUT2D eigenvalue weighted by Crippen LogP contribution is -2.59. The van der Waals surface area contributed by atoms with E-state index in [-0.39, 0.29) is 12.4 Å². The van der Waals surface area contributed by atoms with Gasteiger partial charge < -0.3 is 24.4 Å². The van der Waals surface area contributed by atoms with Crippen LogP contribution in [0.2, 0.25) is 0 Å². The lowest BCUT2D eigenvalue weighted by molar-refractivity contribution is -0.330. The van der Waals surface area contributed by atoms with Gasteiger partial charge in [0, 0.05) is 21.7 Å². The minimum Gasteiger partial charge on any atom is -0.387 e. The SMILES string of the molecule is Cc1ccc([C@@H]2O[C@@H]3COC(c4ccccc4)O[C@H]3[C@H](O)[C@H]2O)cc1Cc1ccc(-c2ccc(F)cc2)s1. The van der Waals surface area contributed by atoms with E-state index >= 15 is 0 Å². The average Bonchev–Trinajstić information content (AvgIpc) is 3.41. The highest BCUT2D eigenvalue weighted by atomic mass is 32.1. The molecule has 0 radical (unpaired) electrons. The van der Waals surface area contributed by atoms with E-state index in [1.807, 2.05) is 48.5 Å². The first-order valence-corrected chi connectivity index (χ1v) is 13.6. The quantitative estimate of drug-likeness (QED) is 0.344. The van der Waals surface area contributed by atoms with Crippen molar-refractivity contribution < 1.29 is 28.8 Å². The van der Waals surface area contributed by atoms with Crippen molar-refractivity contribution in [2.24, 2.45) is 0 Å². The smallest absolute Gasteiger partial charge is 0.184 e. The molecule has 4 aromatic rings. The molecule has 0 aliphatic carbocycles. The molecule has 2 saturated heterocycles. The number of aliphatic hydroxyl groups is 2. The van der Waals surface area contributed by atoms with Gasteiger partial charge in [-0.1, -0.05) is 60.7 Å². The summed E-state index contributed by atoms with van der Waals surface area (Å²) in [6.45, 7) is 2.31. The van der Waals surface area contributed by atoms with Crippen LogP contribution in [0, 0.1) is 12.7 Å². The molecule has 5 nitrogen and oxygen atoms in total. The summed E-state index contributed by atoms with van der Waals surface area (Å²) in [4.78, 5) is 2.26. The van der Waals surface area contributed by atoms with Crippen molar-refractivity contribution in [3.8, 4) is 10.4 Å². The molecule has 0 bridgehead atoms. The fraction of sp³-hybridized carbons (Fsp3) is 0.290. The number of ether oxygens (including phenoxy) is 3. The summed E-state index contributed by atoms with van der Waals surface area (Å²) >= 11 is 1.67. The van der Waals surface area contributed by atoms with Crippen LogP contribution in [0.4, 0.5) is 4.39 Å². The number of fused-ring (bicyclic) bond motifs is 1. The highest BCUT2D eigenvalue weighted by Gasteiger charge is 2.49. The van der Waals surface area contributed by atoms with Crippen LogP contribution < -0.4 is 0 Å². The number of halogens is 1. The maximum Gasteiger partial charge on any atom is 0.184 e. The van der Waals surface area contributed by atoms with E-state index in [0.717, 1.165) is 32.7 Å².